The van der Waals surface area contributed by atoms with E-state index in [1.165, 1.54) is 23.5 Å². The summed E-state index contributed by atoms with van der Waals surface area (Å²) in [6.07, 6.45) is 0.691. The Bertz CT molecular complexity index is 512. The van der Waals surface area contributed by atoms with Crippen LogP contribution in [0, 0.1) is 0 Å². The summed E-state index contributed by atoms with van der Waals surface area (Å²) in [6, 6.07) is 4.60. The van der Waals surface area contributed by atoms with E-state index >= 15 is 0 Å². The summed E-state index contributed by atoms with van der Waals surface area (Å²) in [6.45, 7) is 2.17. The van der Waals surface area contributed by atoms with Crippen LogP contribution in [0.5, 0.6) is 5.75 Å². The molecule has 1 aromatic rings. The molecule has 0 radical (unpaired) electrons. The lowest BCUT2D eigenvalue weighted by molar-refractivity contribution is 0.253. The third-order valence-corrected chi connectivity index (χ3v) is 5.10. The van der Waals surface area contributed by atoms with E-state index in [1.807, 2.05) is 6.92 Å². The molecule has 7 heteroatoms. The first-order valence-electron chi connectivity index (χ1n) is 5.92. The Labute approximate surface area is 122 Å². The van der Waals surface area contributed by atoms with E-state index in [-0.39, 0.29) is 18.0 Å². The molecule has 0 fully saturated rings. The van der Waals surface area contributed by atoms with E-state index in [2.05, 4.69) is 15.9 Å². The number of methoxy groups -OCH3 is 1. The van der Waals surface area contributed by atoms with Crippen molar-refractivity contribution in [2.24, 2.45) is 0 Å². The molecule has 0 aliphatic heterocycles. The highest BCUT2D eigenvalue weighted by atomic mass is 79.9. The Morgan fingerprint density at radius 3 is 2.53 bits per heavy atom. The fraction of sp³-hybridized carbons (Fsp3) is 0.500. The molecule has 0 bridgehead atoms. The molecule has 1 rings (SSSR count). The molecule has 0 heterocycles. The molecule has 1 aromatic carbocycles. The average molecular weight is 352 g/mol. The van der Waals surface area contributed by atoms with E-state index < -0.39 is 10.0 Å². The second-order valence-electron chi connectivity index (χ2n) is 3.92. The van der Waals surface area contributed by atoms with Gasteiger partial charge in [0.15, 0.2) is 0 Å². The number of nitrogens with zero attached hydrogens (tertiary/aromatic N) is 1. The van der Waals surface area contributed by atoms with Crippen LogP contribution in [0.2, 0.25) is 0 Å². The van der Waals surface area contributed by atoms with Crippen molar-refractivity contribution in [1.82, 2.24) is 4.31 Å². The van der Waals surface area contributed by atoms with Gasteiger partial charge in [-0.1, -0.05) is 6.92 Å². The molecule has 0 unspecified atom stereocenters. The number of benzene rings is 1. The molecule has 1 N–H and O–H groups in total. The molecule has 0 amide bonds. The second-order valence-corrected chi connectivity index (χ2v) is 6.72. The summed E-state index contributed by atoms with van der Waals surface area (Å²) in [5.41, 5.74) is 0. The van der Waals surface area contributed by atoms with Gasteiger partial charge in [-0.25, -0.2) is 8.42 Å². The topological polar surface area (TPSA) is 66.8 Å². The Balaban J connectivity index is 3.14. The van der Waals surface area contributed by atoms with Crippen LogP contribution in [0.3, 0.4) is 0 Å². The summed E-state index contributed by atoms with van der Waals surface area (Å²) < 4.78 is 31.8. The smallest absolute Gasteiger partial charge is 0.243 e. The number of rotatable bonds is 7. The lowest BCUT2D eigenvalue weighted by Crippen LogP contribution is -2.34. The fourth-order valence-electron chi connectivity index (χ4n) is 1.67. The van der Waals surface area contributed by atoms with Gasteiger partial charge in [-0.3, -0.25) is 0 Å². The second kappa shape index (κ2) is 7.23. The molecular formula is C12H18BrNO4S. The van der Waals surface area contributed by atoms with Crippen molar-refractivity contribution in [2.45, 2.75) is 18.2 Å². The Morgan fingerprint density at radius 2 is 2.05 bits per heavy atom. The zero-order chi connectivity index (χ0) is 14.5. The largest absolute Gasteiger partial charge is 0.496 e. The highest BCUT2D eigenvalue weighted by molar-refractivity contribution is 9.10. The van der Waals surface area contributed by atoms with Gasteiger partial charge >= 0.3 is 0 Å². The minimum atomic E-state index is -3.59. The highest BCUT2D eigenvalue weighted by Crippen LogP contribution is 2.28. The first kappa shape index (κ1) is 16.4. The van der Waals surface area contributed by atoms with Crippen LogP contribution in [0.25, 0.3) is 0 Å². The number of hydrogen-bond acceptors (Lipinski definition) is 4. The molecule has 19 heavy (non-hydrogen) atoms. The van der Waals surface area contributed by atoms with Crippen LogP contribution in [-0.2, 0) is 10.0 Å². The van der Waals surface area contributed by atoms with Crippen LogP contribution in [0.1, 0.15) is 13.3 Å². The van der Waals surface area contributed by atoms with E-state index in [4.69, 9.17) is 9.84 Å². The van der Waals surface area contributed by atoms with Crippen LogP contribution < -0.4 is 4.74 Å². The lowest BCUT2D eigenvalue weighted by Gasteiger charge is -2.21. The van der Waals surface area contributed by atoms with Gasteiger partial charge in [0.2, 0.25) is 10.0 Å². The van der Waals surface area contributed by atoms with Crippen molar-refractivity contribution in [3.63, 3.8) is 0 Å². The van der Waals surface area contributed by atoms with Crippen LogP contribution in [0.15, 0.2) is 27.6 Å². The summed E-state index contributed by atoms with van der Waals surface area (Å²) in [5, 5.41) is 8.97. The zero-order valence-electron chi connectivity index (χ0n) is 11.0. The molecule has 5 nitrogen and oxygen atoms in total. The lowest BCUT2D eigenvalue weighted by atomic mass is 10.3. The Morgan fingerprint density at radius 1 is 1.37 bits per heavy atom. The summed E-state index contributed by atoms with van der Waals surface area (Å²) in [5.74, 6) is 0.572. The number of aliphatic hydroxyl groups excluding tert-OH is 1. The van der Waals surface area contributed by atoms with Crippen molar-refractivity contribution in [3.05, 3.63) is 22.7 Å². The quantitative estimate of drug-likeness (QED) is 0.813. The Kier molecular flexibility index (Phi) is 6.25. The van der Waals surface area contributed by atoms with Gasteiger partial charge in [0.1, 0.15) is 5.75 Å². The van der Waals surface area contributed by atoms with E-state index in [0.29, 0.717) is 23.2 Å². The normalized spacial score (nSPS) is 11.8. The zero-order valence-corrected chi connectivity index (χ0v) is 13.4. The first-order chi connectivity index (χ1) is 8.97. The van der Waals surface area contributed by atoms with Crippen molar-refractivity contribution >= 4 is 26.0 Å². The van der Waals surface area contributed by atoms with Crippen molar-refractivity contribution in [1.29, 1.82) is 0 Å². The van der Waals surface area contributed by atoms with Crippen molar-refractivity contribution in [2.75, 3.05) is 26.8 Å². The summed E-state index contributed by atoms with van der Waals surface area (Å²) >= 11 is 3.27. The predicted molar refractivity (Wildman–Crippen MR) is 76.8 cm³/mol. The highest BCUT2D eigenvalue weighted by Gasteiger charge is 2.24. The van der Waals surface area contributed by atoms with Gasteiger partial charge in [0, 0.05) is 13.1 Å². The van der Waals surface area contributed by atoms with Gasteiger partial charge in [-0.05, 0) is 40.5 Å². The maximum absolute atomic E-state index is 12.4. The summed E-state index contributed by atoms with van der Waals surface area (Å²) in [4.78, 5) is 0.182. The molecule has 0 atom stereocenters. The van der Waals surface area contributed by atoms with Crippen molar-refractivity contribution < 1.29 is 18.3 Å². The third kappa shape index (κ3) is 3.92. The molecule has 0 spiro atoms. The number of sulfonamides is 1. The van der Waals surface area contributed by atoms with Gasteiger partial charge in [0.25, 0.3) is 0 Å². The SMILES string of the molecule is CCCN(CCO)S(=O)(=O)c1ccc(OC)c(Br)c1. The third-order valence-electron chi connectivity index (χ3n) is 2.58. The minimum absolute atomic E-state index is 0.0970. The van der Waals surface area contributed by atoms with Crippen molar-refractivity contribution in [3.8, 4) is 5.75 Å². The minimum Gasteiger partial charge on any atom is -0.496 e. The van der Waals surface area contributed by atoms with Crippen LogP contribution in [-0.4, -0.2) is 44.6 Å². The van der Waals surface area contributed by atoms with Gasteiger partial charge in [0.05, 0.1) is 23.1 Å². The predicted octanol–water partition coefficient (Wildman–Crippen LogP) is 1.85. The molecule has 0 saturated carbocycles. The molecule has 0 saturated heterocycles. The molecule has 0 aliphatic carbocycles. The number of ether oxygens (including phenoxy) is 1. The Hall–Kier alpha value is -0.630. The van der Waals surface area contributed by atoms with Gasteiger partial charge in [-0.15, -0.1) is 0 Å². The molecule has 0 aromatic heterocycles. The van der Waals surface area contributed by atoms with E-state index in [1.54, 1.807) is 6.07 Å². The molecular weight excluding hydrogens is 334 g/mol. The van der Waals surface area contributed by atoms with Crippen LogP contribution >= 0.6 is 15.9 Å². The maximum atomic E-state index is 12.4. The molecule has 108 valence electrons. The van der Waals surface area contributed by atoms with Gasteiger partial charge in [-0.2, -0.15) is 4.31 Å². The number of hydrogen-bond donors (Lipinski definition) is 1. The first-order valence-corrected chi connectivity index (χ1v) is 8.15. The number of halogens is 1. The fourth-order valence-corrected chi connectivity index (χ4v) is 3.91. The van der Waals surface area contributed by atoms with E-state index in [0.717, 1.165) is 0 Å². The number of aliphatic hydroxyl groups is 1. The monoisotopic (exact) mass is 351 g/mol. The standard InChI is InChI=1S/C12H18BrNO4S/c1-3-6-14(7-8-15)19(16,17)10-4-5-12(18-2)11(13)9-10/h4-5,9,15H,3,6-8H2,1-2H3. The van der Waals surface area contributed by atoms with Gasteiger partial charge < -0.3 is 9.84 Å². The average Bonchev–Trinajstić information content (AvgIpc) is 2.38. The molecule has 0 aliphatic rings. The van der Waals surface area contributed by atoms with Crippen LogP contribution in [0.4, 0.5) is 0 Å². The summed E-state index contributed by atoms with van der Waals surface area (Å²) in [7, 11) is -2.07. The van der Waals surface area contributed by atoms with E-state index in [9.17, 15) is 8.42 Å². The maximum Gasteiger partial charge on any atom is 0.243 e.